The molecule has 0 bridgehead atoms. The first kappa shape index (κ1) is 27.2. The molecule has 3 aromatic heterocycles. The maximum absolute atomic E-state index is 14.2. The molecular formula is C29H26F3N7O3. The molecule has 0 saturated heterocycles. The number of rotatable bonds is 6. The van der Waals surface area contributed by atoms with Gasteiger partial charge in [0.15, 0.2) is 17.2 Å². The second-order valence-corrected chi connectivity index (χ2v) is 9.97. The smallest absolute Gasteiger partial charge is 0.435 e. The molecule has 0 spiro atoms. The van der Waals surface area contributed by atoms with E-state index >= 15 is 0 Å². The Morgan fingerprint density at radius 3 is 2.40 bits per heavy atom. The molecule has 13 heteroatoms. The normalized spacial score (nSPS) is 13.5. The monoisotopic (exact) mass is 577 g/mol. The van der Waals surface area contributed by atoms with Gasteiger partial charge in [-0.3, -0.25) is 14.4 Å². The zero-order chi connectivity index (χ0) is 29.8. The van der Waals surface area contributed by atoms with Crippen molar-refractivity contribution in [3.8, 4) is 22.8 Å². The highest BCUT2D eigenvalue weighted by atomic mass is 19.4. The molecule has 216 valence electrons. The zero-order valence-electron chi connectivity index (χ0n) is 23.2. The Bertz CT molecular complexity index is 1830. The highest BCUT2D eigenvalue weighted by Crippen LogP contribution is 2.39. The van der Waals surface area contributed by atoms with Gasteiger partial charge in [0.2, 0.25) is 0 Å². The number of halogens is 3. The second kappa shape index (κ2) is 10.2. The summed E-state index contributed by atoms with van der Waals surface area (Å²) >= 11 is 0. The number of carbonyl (C=O) groups excluding carboxylic acids is 1. The summed E-state index contributed by atoms with van der Waals surface area (Å²) in [7, 11) is 4.52. The van der Waals surface area contributed by atoms with E-state index in [2.05, 4.69) is 20.1 Å². The number of carbonyl (C=O) groups is 1. The van der Waals surface area contributed by atoms with E-state index in [1.165, 1.54) is 25.9 Å². The van der Waals surface area contributed by atoms with E-state index in [9.17, 15) is 18.0 Å². The standard InChI is InChI=1S/C29H26F3N7O3/c1-16-34-22-12-25(42-4)24(41-3)11-21(22)27(35-16)39-7-5-18-19(23-13-26(29(30,31)32)36-37(23)2)9-17(10-20(18)28(39)40)14-38-8-6-33-15-38/h6,8-13,15H,5,7,14H2,1-4H3. The number of aryl methyl sites for hydroxylation is 2. The third kappa shape index (κ3) is 4.70. The number of methoxy groups -OCH3 is 2. The Kier molecular flexibility index (Phi) is 6.59. The highest BCUT2D eigenvalue weighted by Gasteiger charge is 2.36. The number of anilines is 1. The van der Waals surface area contributed by atoms with Crippen molar-refractivity contribution in [3.05, 3.63) is 77.3 Å². The Morgan fingerprint density at radius 2 is 1.74 bits per heavy atom. The van der Waals surface area contributed by atoms with E-state index in [0.29, 0.717) is 63.7 Å². The van der Waals surface area contributed by atoms with Crippen LogP contribution in [0, 0.1) is 6.92 Å². The molecule has 4 heterocycles. The number of nitrogens with zero attached hydrogens (tertiary/aromatic N) is 7. The Balaban J connectivity index is 1.51. The van der Waals surface area contributed by atoms with Crippen molar-refractivity contribution in [1.29, 1.82) is 0 Å². The van der Waals surface area contributed by atoms with Crippen LogP contribution in [0.15, 0.2) is 49.1 Å². The minimum Gasteiger partial charge on any atom is -0.493 e. The first-order valence-electron chi connectivity index (χ1n) is 13.0. The number of fused-ring (bicyclic) bond motifs is 2. The summed E-state index contributed by atoms with van der Waals surface area (Å²) in [5.41, 5.74) is 2.14. The lowest BCUT2D eigenvalue weighted by Gasteiger charge is -2.30. The van der Waals surface area contributed by atoms with Crippen LogP contribution in [0.5, 0.6) is 11.5 Å². The number of aromatic nitrogens is 6. The fraction of sp³-hybridized carbons (Fsp3) is 0.276. The van der Waals surface area contributed by atoms with Crippen molar-refractivity contribution in [3.63, 3.8) is 0 Å². The van der Waals surface area contributed by atoms with Gasteiger partial charge in [0.05, 0.1) is 31.8 Å². The van der Waals surface area contributed by atoms with E-state index in [0.717, 1.165) is 11.6 Å². The maximum atomic E-state index is 14.2. The number of imidazole rings is 1. The molecule has 1 amide bonds. The lowest BCUT2D eigenvalue weighted by molar-refractivity contribution is -0.141. The van der Waals surface area contributed by atoms with E-state index in [4.69, 9.17) is 9.47 Å². The largest absolute Gasteiger partial charge is 0.493 e. The molecule has 10 nitrogen and oxygen atoms in total. The molecule has 0 atom stereocenters. The lowest BCUT2D eigenvalue weighted by Crippen LogP contribution is -2.39. The van der Waals surface area contributed by atoms with Crippen molar-refractivity contribution >= 4 is 22.6 Å². The minimum absolute atomic E-state index is 0.254. The van der Waals surface area contributed by atoms with Gasteiger partial charge in [-0.15, -0.1) is 0 Å². The predicted molar refractivity (Wildman–Crippen MR) is 148 cm³/mol. The van der Waals surface area contributed by atoms with Crippen LogP contribution in [0.25, 0.3) is 22.2 Å². The predicted octanol–water partition coefficient (Wildman–Crippen LogP) is 4.82. The Hall–Kier alpha value is -4.94. The summed E-state index contributed by atoms with van der Waals surface area (Å²) in [6, 6.07) is 8.10. The zero-order valence-corrected chi connectivity index (χ0v) is 23.2. The van der Waals surface area contributed by atoms with Crippen molar-refractivity contribution < 1.29 is 27.4 Å². The first-order valence-corrected chi connectivity index (χ1v) is 13.0. The SMILES string of the molecule is COc1cc2nc(C)nc(N3CCc4c(cc(Cn5ccnc5)cc4-c4cc(C(F)(F)F)nn4C)C3=O)c2cc1OC. The van der Waals surface area contributed by atoms with Gasteiger partial charge in [-0.25, -0.2) is 15.0 Å². The summed E-state index contributed by atoms with van der Waals surface area (Å²) in [4.78, 5) is 29.1. The van der Waals surface area contributed by atoms with Crippen molar-refractivity contribution in [2.24, 2.45) is 7.05 Å². The molecule has 2 aromatic carbocycles. The third-order valence-electron chi connectivity index (χ3n) is 7.29. The molecule has 0 fully saturated rings. The fourth-order valence-electron chi connectivity index (χ4n) is 5.39. The molecular weight excluding hydrogens is 551 g/mol. The van der Waals surface area contributed by atoms with Gasteiger partial charge >= 0.3 is 6.18 Å². The van der Waals surface area contributed by atoms with E-state index in [1.807, 2.05) is 10.6 Å². The molecule has 0 radical (unpaired) electrons. The van der Waals surface area contributed by atoms with Crippen molar-refractivity contribution in [1.82, 2.24) is 29.3 Å². The van der Waals surface area contributed by atoms with E-state index in [-0.39, 0.29) is 18.1 Å². The van der Waals surface area contributed by atoms with Crippen molar-refractivity contribution in [2.45, 2.75) is 26.1 Å². The van der Waals surface area contributed by atoms with Gasteiger partial charge in [0.1, 0.15) is 11.6 Å². The molecule has 42 heavy (non-hydrogen) atoms. The van der Waals surface area contributed by atoms with Crippen molar-refractivity contribution in [2.75, 3.05) is 25.7 Å². The number of alkyl halides is 3. The molecule has 0 saturated carbocycles. The third-order valence-corrected chi connectivity index (χ3v) is 7.29. The van der Waals surface area contributed by atoms with Gasteiger partial charge in [-0.05, 0) is 48.7 Å². The van der Waals surface area contributed by atoms with Crippen LogP contribution in [0.2, 0.25) is 0 Å². The molecule has 0 unspecified atom stereocenters. The number of amides is 1. The molecule has 0 aliphatic carbocycles. The summed E-state index contributed by atoms with van der Waals surface area (Å²) in [6.07, 6.45) is 0.820. The summed E-state index contributed by atoms with van der Waals surface area (Å²) < 4.78 is 54.6. The molecule has 5 aromatic rings. The molecule has 1 aliphatic heterocycles. The van der Waals surface area contributed by atoms with Gasteiger partial charge in [-0.1, -0.05) is 0 Å². The van der Waals surface area contributed by atoms with E-state index < -0.39 is 11.9 Å². The molecule has 0 N–H and O–H groups in total. The van der Waals surface area contributed by atoms with Gasteiger partial charge < -0.3 is 14.0 Å². The summed E-state index contributed by atoms with van der Waals surface area (Å²) in [5.74, 6) is 1.51. The highest BCUT2D eigenvalue weighted by molar-refractivity contribution is 6.12. The average Bonchev–Trinajstić information content (AvgIpc) is 3.61. The maximum Gasteiger partial charge on any atom is 0.435 e. The van der Waals surface area contributed by atoms with Crippen LogP contribution in [0.3, 0.4) is 0 Å². The van der Waals surface area contributed by atoms with Gasteiger partial charge in [-0.2, -0.15) is 18.3 Å². The number of hydrogen-bond donors (Lipinski definition) is 0. The lowest BCUT2D eigenvalue weighted by atomic mass is 9.89. The van der Waals surface area contributed by atoms with Crippen LogP contribution >= 0.6 is 0 Å². The van der Waals surface area contributed by atoms with Crippen LogP contribution in [-0.2, 0) is 26.2 Å². The van der Waals surface area contributed by atoms with Crippen LogP contribution in [0.4, 0.5) is 19.0 Å². The van der Waals surface area contributed by atoms with Crippen LogP contribution in [0.1, 0.15) is 33.0 Å². The quantitative estimate of drug-likeness (QED) is 0.285. The van der Waals surface area contributed by atoms with Gasteiger partial charge in [0, 0.05) is 55.1 Å². The number of benzene rings is 2. The van der Waals surface area contributed by atoms with Crippen LogP contribution < -0.4 is 14.4 Å². The summed E-state index contributed by atoms with van der Waals surface area (Å²) in [5, 5.41) is 4.31. The fourth-order valence-corrected chi connectivity index (χ4v) is 5.39. The average molecular weight is 578 g/mol. The van der Waals surface area contributed by atoms with Crippen LogP contribution in [-0.4, -0.2) is 56.0 Å². The molecule has 1 aliphatic rings. The topological polar surface area (TPSA) is 100 Å². The number of ether oxygens (including phenoxy) is 2. The Morgan fingerprint density at radius 1 is 1.00 bits per heavy atom. The Labute approximate surface area is 238 Å². The molecule has 6 rings (SSSR count). The van der Waals surface area contributed by atoms with E-state index in [1.54, 1.807) is 48.7 Å². The second-order valence-electron chi connectivity index (χ2n) is 9.97. The first-order chi connectivity index (χ1) is 20.1. The minimum atomic E-state index is -4.60. The number of hydrogen-bond acceptors (Lipinski definition) is 7. The van der Waals surface area contributed by atoms with Gasteiger partial charge in [0.25, 0.3) is 5.91 Å². The summed E-state index contributed by atoms with van der Waals surface area (Å²) in [6.45, 7) is 2.36.